The molecule has 0 aliphatic heterocycles. The smallest absolute Gasteiger partial charge is 0.475 e. The Balaban J connectivity index is 0.000000479. The van der Waals surface area contributed by atoms with E-state index < -0.39 is 18.1 Å². The summed E-state index contributed by atoms with van der Waals surface area (Å²) in [5.74, 6) is -1.90. The third-order valence-electron chi connectivity index (χ3n) is 5.78. The molecule has 8 nitrogen and oxygen atoms in total. The lowest BCUT2D eigenvalue weighted by Crippen LogP contribution is -2.21. The second kappa shape index (κ2) is 11.8. The summed E-state index contributed by atoms with van der Waals surface area (Å²) in [5.41, 5.74) is 8.18. The summed E-state index contributed by atoms with van der Waals surface area (Å²) in [6.45, 7) is 4.72. The fraction of sp³-hybridized carbons (Fsp3) is 0.269. The monoisotopic (exact) mass is 517 g/mol. The van der Waals surface area contributed by atoms with E-state index in [1.165, 1.54) is 17.2 Å². The highest BCUT2D eigenvalue weighted by atomic mass is 19.4. The Bertz CT molecular complexity index is 1230. The van der Waals surface area contributed by atoms with Gasteiger partial charge in [-0.25, -0.2) is 10.3 Å². The molecule has 11 heteroatoms. The van der Waals surface area contributed by atoms with Gasteiger partial charge in [0.2, 0.25) is 0 Å². The lowest BCUT2D eigenvalue weighted by Gasteiger charge is -2.06. The van der Waals surface area contributed by atoms with Crippen molar-refractivity contribution in [3.05, 3.63) is 82.8 Å². The first kappa shape index (κ1) is 27.6. The van der Waals surface area contributed by atoms with Crippen LogP contribution in [0.5, 0.6) is 0 Å². The van der Waals surface area contributed by atoms with Gasteiger partial charge >= 0.3 is 12.1 Å². The number of amides is 1. The van der Waals surface area contributed by atoms with Crippen molar-refractivity contribution in [1.82, 2.24) is 16.0 Å². The zero-order valence-electron chi connectivity index (χ0n) is 20.0. The molecule has 1 amide bonds. The first-order valence-corrected chi connectivity index (χ1v) is 11.3. The van der Waals surface area contributed by atoms with E-state index in [0.717, 1.165) is 41.1 Å². The molecular weight excluding hydrogens is 491 g/mol. The number of hydrogen-bond acceptors (Lipinski definition) is 6. The van der Waals surface area contributed by atoms with Crippen LogP contribution in [0.2, 0.25) is 0 Å². The molecule has 3 aromatic rings. The number of nitrogens with one attached hydrogen (secondary N) is 2. The summed E-state index contributed by atoms with van der Waals surface area (Å²) in [4.78, 5) is 19.9. The Morgan fingerprint density at radius 1 is 1.11 bits per heavy atom. The van der Waals surface area contributed by atoms with Crippen LogP contribution in [0.3, 0.4) is 0 Å². The molecular formula is C26H26F3N3O5. The number of carboxylic acid groups (broad SMARTS) is 1. The highest BCUT2D eigenvalue weighted by Gasteiger charge is 2.38. The number of aromatic nitrogens is 1. The summed E-state index contributed by atoms with van der Waals surface area (Å²) in [6.07, 6.45) is -0.993. The number of benzene rings is 2. The molecule has 37 heavy (non-hydrogen) atoms. The summed E-state index contributed by atoms with van der Waals surface area (Å²) >= 11 is 0. The molecule has 2 aromatic carbocycles. The summed E-state index contributed by atoms with van der Waals surface area (Å²) in [5, 5.41) is 23.3. The van der Waals surface area contributed by atoms with Crippen LogP contribution in [0, 0.1) is 13.8 Å². The van der Waals surface area contributed by atoms with E-state index in [9.17, 15) is 18.0 Å². The van der Waals surface area contributed by atoms with E-state index in [4.69, 9.17) is 19.6 Å². The van der Waals surface area contributed by atoms with Gasteiger partial charge in [-0.2, -0.15) is 13.2 Å². The van der Waals surface area contributed by atoms with Crippen molar-refractivity contribution in [2.75, 3.05) is 0 Å². The number of hydrogen-bond donors (Lipinski definition) is 4. The lowest BCUT2D eigenvalue weighted by molar-refractivity contribution is -0.192. The second-order valence-electron chi connectivity index (χ2n) is 8.50. The minimum atomic E-state index is -5.08. The number of carbonyl (C=O) groups is 2. The number of aliphatic carboxylic acids is 1. The number of rotatable bonds is 7. The van der Waals surface area contributed by atoms with E-state index in [1.54, 1.807) is 11.6 Å². The number of alkyl halides is 3. The normalized spacial score (nSPS) is 16.7. The van der Waals surface area contributed by atoms with Crippen LogP contribution in [-0.2, 0) is 16.1 Å². The van der Waals surface area contributed by atoms with E-state index >= 15 is 0 Å². The summed E-state index contributed by atoms with van der Waals surface area (Å²) in [7, 11) is 0. The minimum Gasteiger partial charge on any atom is -0.475 e. The van der Waals surface area contributed by atoms with Crippen molar-refractivity contribution in [2.24, 2.45) is 0 Å². The predicted octanol–water partition coefficient (Wildman–Crippen LogP) is 4.76. The first-order chi connectivity index (χ1) is 17.5. The van der Waals surface area contributed by atoms with E-state index in [-0.39, 0.29) is 0 Å². The number of carbonyl (C=O) groups excluding carboxylic acids is 1. The number of aryl methyl sites for hydroxylation is 2. The van der Waals surface area contributed by atoms with Crippen molar-refractivity contribution in [3.63, 3.8) is 0 Å². The van der Waals surface area contributed by atoms with Crippen molar-refractivity contribution in [3.8, 4) is 11.1 Å². The van der Waals surface area contributed by atoms with Crippen LogP contribution in [0.4, 0.5) is 13.2 Å². The molecule has 1 saturated carbocycles. The van der Waals surface area contributed by atoms with Crippen molar-refractivity contribution in [2.45, 2.75) is 44.9 Å². The van der Waals surface area contributed by atoms with Gasteiger partial charge in [-0.05, 0) is 48.6 Å². The van der Waals surface area contributed by atoms with Crippen molar-refractivity contribution < 1.29 is 37.6 Å². The highest BCUT2D eigenvalue weighted by molar-refractivity contribution is 5.90. The van der Waals surface area contributed by atoms with Crippen LogP contribution in [0.25, 0.3) is 17.2 Å². The number of carboxylic acids is 1. The third kappa shape index (κ3) is 7.76. The molecule has 0 bridgehead atoms. The molecule has 1 aliphatic carbocycles. The molecule has 196 valence electrons. The maximum absolute atomic E-state index is 11.0. The minimum absolute atomic E-state index is 0.489. The molecule has 0 spiro atoms. The largest absolute Gasteiger partial charge is 0.490 e. The maximum Gasteiger partial charge on any atom is 0.490 e. The Kier molecular flexibility index (Phi) is 8.85. The first-order valence-electron chi connectivity index (χ1n) is 11.3. The predicted molar refractivity (Wildman–Crippen MR) is 128 cm³/mol. The fourth-order valence-corrected chi connectivity index (χ4v) is 3.79. The van der Waals surface area contributed by atoms with E-state index in [0.29, 0.717) is 12.0 Å². The topological polar surface area (TPSA) is 125 Å². The Labute approximate surface area is 210 Å². The van der Waals surface area contributed by atoms with Gasteiger partial charge in [-0.1, -0.05) is 53.7 Å². The van der Waals surface area contributed by atoms with Crippen molar-refractivity contribution in [1.29, 1.82) is 0 Å². The fourth-order valence-electron chi connectivity index (χ4n) is 3.79. The Morgan fingerprint density at radius 3 is 2.24 bits per heavy atom. The molecule has 2 atom stereocenters. The van der Waals surface area contributed by atoms with Gasteiger partial charge in [0, 0.05) is 30.1 Å². The van der Waals surface area contributed by atoms with Crippen LogP contribution >= 0.6 is 0 Å². The molecule has 2 unspecified atom stereocenters. The molecule has 1 fully saturated rings. The lowest BCUT2D eigenvalue weighted by atomic mass is 10.0. The van der Waals surface area contributed by atoms with Gasteiger partial charge in [0.05, 0.1) is 5.69 Å². The zero-order valence-corrected chi connectivity index (χ0v) is 20.0. The summed E-state index contributed by atoms with van der Waals surface area (Å²) in [6, 6.07) is 17.2. The van der Waals surface area contributed by atoms with Crippen LogP contribution in [0.1, 0.15) is 40.5 Å². The number of nitrogens with zero attached hydrogens (tertiary/aromatic N) is 1. The van der Waals surface area contributed by atoms with Crippen molar-refractivity contribution >= 4 is 18.0 Å². The van der Waals surface area contributed by atoms with Gasteiger partial charge in [0.25, 0.3) is 5.91 Å². The van der Waals surface area contributed by atoms with Gasteiger partial charge in [-0.3, -0.25) is 10.0 Å². The SMILES string of the molecule is Cc1noc(C)c1-c1ccc(C2CC2NCc2ccc(/C=C/C(=O)NO)cc2)cc1.O=C(O)C(F)(F)F. The molecule has 0 saturated heterocycles. The third-order valence-corrected chi connectivity index (χ3v) is 5.78. The molecule has 1 aromatic heterocycles. The second-order valence-corrected chi connectivity index (χ2v) is 8.50. The molecule has 0 radical (unpaired) electrons. The molecule has 1 aliphatic rings. The average Bonchev–Trinajstić information content (AvgIpc) is 3.57. The molecule has 1 heterocycles. The number of halogens is 3. The summed E-state index contributed by atoms with van der Waals surface area (Å²) < 4.78 is 37.0. The average molecular weight is 518 g/mol. The van der Waals surface area contributed by atoms with Gasteiger partial charge in [-0.15, -0.1) is 0 Å². The highest BCUT2D eigenvalue weighted by Crippen LogP contribution is 2.41. The quantitative estimate of drug-likeness (QED) is 0.202. The van der Waals surface area contributed by atoms with Gasteiger partial charge in [0.1, 0.15) is 5.76 Å². The van der Waals surface area contributed by atoms with Gasteiger partial charge in [0.15, 0.2) is 0 Å². The molecule has 4 N–H and O–H groups in total. The van der Waals surface area contributed by atoms with Gasteiger partial charge < -0.3 is 14.9 Å². The van der Waals surface area contributed by atoms with E-state index in [1.807, 2.05) is 38.1 Å². The number of hydroxylamine groups is 1. The van der Waals surface area contributed by atoms with Crippen LogP contribution in [-0.4, -0.2) is 39.6 Å². The Hall–Kier alpha value is -3.96. The standard InChI is InChI=1S/C24H25N3O3.C2HF3O2/c1-15-24(16(2)30-27-15)20-10-8-19(9-11-20)21-13-22(21)25-14-18-5-3-17(4-6-18)7-12-23(28)26-29;3-2(4,5)1(6)7/h3-12,21-22,25,29H,13-14H2,1-2H3,(H,26,28);(H,6,7)/b12-7+;. The van der Waals surface area contributed by atoms with Crippen LogP contribution < -0.4 is 10.8 Å². The maximum atomic E-state index is 11.0. The Morgan fingerprint density at radius 2 is 1.73 bits per heavy atom. The van der Waals surface area contributed by atoms with E-state index in [2.05, 4.69) is 34.7 Å². The van der Waals surface area contributed by atoms with Crippen LogP contribution in [0.15, 0.2) is 59.1 Å². The molecule has 4 rings (SSSR count). The zero-order chi connectivity index (χ0) is 27.2.